The minimum Gasteiger partial charge on any atom is -0.309 e. The molecule has 0 aromatic carbocycles. The van der Waals surface area contributed by atoms with E-state index in [0.29, 0.717) is 0 Å². The molecule has 0 amide bonds. The number of sulfonamides is 1. The third-order valence-corrected chi connectivity index (χ3v) is 1.05. The van der Waals surface area contributed by atoms with Gasteiger partial charge in [0, 0.05) is 14.1 Å². The summed E-state index contributed by atoms with van der Waals surface area (Å²) >= 11 is 0. The average molecular weight is 165 g/mol. The fraction of sp³-hybridized carbons (Fsp3) is 0.750. The molecular weight excluding hydrogens is 154 g/mol. The lowest BCUT2D eigenvalue weighted by Crippen LogP contribution is -2.29. The third kappa shape index (κ3) is 7.38. The van der Waals surface area contributed by atoms with Gasteiger partial charge in [-0.3, -0.25) is 0 Å². The van der Waals surface area contributed by atoms with E-state index in [4.69, 9.17) is 0 Å². The van der Waals surface area contributed by atoms with Crippen LogP contribution in [0.1, 0.15) is 0 Å². The predicted molar refractivity (Wildman–Crippen MR) is 40.2 cm³/mol. The Balaban J connectivity index is 3.80. The van der Waals surface area contributed by atoms with E-state index in [1.807, 2.05) is 0 Å². The van der Waals surface area contributed by atoms with Crippen LogP contribution in [0.5, 0.6) is 0 Å². The molecule has 0 fully saturated rings. The van der Waals surface area contributed by atoms with E-state index in [1.165, 1.54) is 0 Å². The molecule has 0 aromatic rings. The lowest BCUT2D eigenvalue weighted by Gasteiger charge is -2.05. The summed E-state index contributed by atoms with van der Waals surface area (Å²) < 4.78 is 23.9. The first kappa shape index (κ1) is 9.38. The van der Waals surface area contributed by atoms with E-state index in [9.17, 15) is 8.42 Å². The fourth-order valence-corrected chi connectivity index (χ4v) is 0.473. The van der Waals surface area contributed by atoms with Gasteiger partial charge in [-0.05, 0) is 0 Å². The number of hydrogen-bond donors (Lipinski definition) is 1. The summed E-state index contributed by atoms with van der Waals surface area (Å²) in [6, 6.07) is 0. The van der Waals surface area contributed by atoms with Crippen molar-refractivity contribution in [3.8, 4) is 0 Å². The van der Waals surface area contributed by atoms with Gasteiger partial charge in [0.05, 0.1) is 6.26 Å². The minimum absolute atomic E-state index is 1.03. The molecule has 0 spiro atoms. The van der Waals surface area contributed by atoms with Crippen molar-refractivity contribution in [2.75, 3.05) is 20.4 Å². The molecule has 0 rings (SSSR count). The van der Waals surface area contributed by atoms with Crippen LogP contribution >= 0.6 is 0 Å². The largest absolute Gasteiger partial charge is 0.309 e. The van der Waals surface area contributed by atoms with Crippen molar-refractivity contribution in [2.24, 2.45) is 4.40 Å². The molecule has 0 aromatic heterocycles. The highest BCUT2D eigenvalue weighted by atomic mass is 32.2. The van der Waals surface area contributed by atoms with Gasteiger partial charge in [0.15, 0.2) is 0 Å². The van der Waals surface area contributed by atoms with E-state index < -0.39 is 10.0 Å². The lowest BCUT2D eigenvalue weighted by atomic mass is 11.1. The number of nitrogens with zero attached hydrogens (tertiary/aromatic N) is 2. The molecule has 1 N–H and O–H groups in total. The predicted octanol–water partition coefficient (Wildman–Crippen LogP) is -0.959. The molecule has 5 nitrogen and oxygen atoms in total. The van der Waals surface area contributed by atoms with Gasteiger partial charge < -0.3 is 5.43 Å². The summed E-state index contributed by atoms with van der Waals surface area (Å²) in [5.74, 6) is 0. The van der Waals surface area contributed by atoms with Crippen LogP contribution in [-0.2, 0) is 10.0 Å². The van der Waals surface area contributed by atoms with E-state index in [1.54, 1.807) is 19.1 Å². The second kappa shape index (κ2) is 3.52. The summed E-state index contributed by atoms with van der Waals surface area (Å²) in [5.41, 5.74) is 2.56. The molecule has 10 heavy (non-hydrogen) atoms. The highest BCUT2D eigenvalue weighted by molar-refractivity contribution is 7.89. The Morgan fingerprint density at radius 1 is 1.50 bits per heavy atom. The van der Waals surface area contributed by atoms with E-state index >= 15 is 0 Å². The number of hydrogen-bond acceptors (Lipinski definition) is 3. The quantitative estimate of drug-likeness (QED) is 0.332. The minimum atomic E-state index is -3.24. The van der Waals surface area contributed by atoms with Crippen molar-refractivity contribution in [1.29, 1.82) is 0 Å². The monoisotopic (exact) mass is 165 g/mol. The standard InChI is InChI=1S/C4H11N3O2S/c1-7(2)5-4-6-10(3,8)9/h4H,1-3H3,(H,5,6). The first-order valence-corrected chi connectivity index (χ1v) is 4.44. The summed E-state index contributed by atoms with van der Waals surface area (Å²) in [6.07, 6.45) is 2.15. The zero-order chi connectivity index (χ0) is 8.20. The molecule has 0 aliphatic carbocycles. The Kier molecular flexibility index (Phi) is 3.31. The van der Waals surface area contributed by atoms with Crippen molar-refractivity contribution in [3.05, 3.63) is 0 Å². The third-order valence-electron chi connectivity index (χ3n) is 0.560. The van der Waals surface area contributed by atoms with Crippen molar-refractivity contribution in [1.82, 2.24) is 10.4 Å². The molecule has 6 heteroatoms. The molecule has 0 atom stereocenters. The van der Waals surface area contributed by atoms with E-state index in [2.05, 4.69) is 9.82 Å². The zero-order valence-electron chi connectivity index (χ0n) is 6.20. The first-order chi connectivity index (χ1) is 4.42. The van der Waals surface area contributed by atoms with Crippen LogP contribution in [0.4, 0.5) is 0 Å². The van der Waals surface area contributed by atoms with Gasteiger partial charge in [-0.15, -0.1) is 0 Å². The van der Waals surface area contributed by atoms with Gasteiger partial charge in [0.1, 0.15) is 6.34 Å². The van der Waals surface area contributed by atoms with Crippen molar-refractivity contribution < 1.29 is 8.42 Å². The zero-order valence-corrected chi connectivity index (χ0v) is 7.01. The van der Waals surface area contributed by atoms with Gasteiger partial charge in [-0.1, -0.05) is 0 Å². The maximum absolute atomic E-state index is 10.4. The molecule has 0 heterocycles. The van der Waals surface area contributed by atoms with E-state index in [0.717, 1.165) is 12.6 Å². The van der Waals surface area contributed by atoms with Gasteiger partial charge in [0.25, 0.3) is 10.0 Å². The number of nitrogens with one attached hydrogen (secondary N) is 1. The maximum Gasteiger partial charge on any atom is 0.251 e. The lowest BCUT2D eigenvalue weighted by molar-refractivity contribution is 0.368. The summed E-state index contributed by atoms with van der Waals surface area (Å²) in [6.45, 7) is 0. The molecule has 0 aliphatic heterocycles. The molecule has 0 radical (unpaired) electrons. The average Bonchev–Trinajstić information content (AvgIpc) is 1.59. The van der Waals surface area contributed by atoms with Crippen molar-refractivity contribution >= 4 is 16.4 Å². The topological polar surface area (TPSA) is 61.8 Å². The van der Waals surface area contributed by atoms with Crippen LogP contribution < -0.4 is 5.43 Å². The van der Waals surface area contributed by atoms with Crippen LogP contribution in [0.2, 0.25) is 0 Å². The smallest absolute Gasteiger partial charge is 0.251 e. The maximum atomic E-state index is 10.4. The van der Waals surface area contributed by atoms with Crippen LogP contribution in [0.15, 0.2) is 4.40 Å². The first-order valence-electron chi connectivity index (χ1n) is 2.59. The van der Waals surface area contributed by atoms with Gasteiger partial charge in [-0.2, -0.15) is 4.40 Å². The molecular formula is C4H11N3O2S. The van der Waals surface area contributed by atoms with Gasteiger partial charge in [0.2, 0.25) is 0 Å². The van der Waals surface area contributed by atoms with Crippen LogP contribution in [0.25, 0.3) is 0 Å². The molecule has 0 saturated carbocycles. The van der Waals surface area contributed by atoms with Crippen molar-refractivity contribution in [3.63, 3.8) is 0 Å². The van der Waals surface area contributed by atoms with Crippen LogP contribution in [0.3, 0.4) is 0 Å². The highest BCUT2D eigenvalue weighted by Gasteiger charge is 1.91. The van der Waals surface area contributed by atoms with E-state index in [-0.39, 0.29) is 0 Å². The number of rotatable bonds is 3. The Hall–Kier alpha value is -0.620. The number of hydrazine groups is 1. The normalized spacial score (nSPS) is 12.8. The fourth-order valence-electron chi connectivity index (χ4n) is 0.235. The summed E-state index contributed by atoms with van der Waals surface area (Å²) in [5, 5.41) is 1.58. The Labute approximate surface area is 60.8 Å². The Morgan fingerprint density at radius 2 is 2.00 bits per heavy atom. The second-order valence-corrected chi connectivity index (χ2v) is 3.67. The highest BCUT2D eigenvalue weighted by Crippen LogP contribution is 1.78. The SMILES string of the molecule is CN(C)NC=NS(C)(=O)=O. The Bertz CT molecular complexity index is 207. The molecule has 0 bridgehead atoms. The summed E-state index contributed by atoms with van der Waals surface area (Å²) in [4.78, 5) is 0. The van der Waals surface area contributed by atoms with Crippen molar-refractivity contribution in [2.45, 2.75) is 0 Å². The summed E-state index contributed by atoms with van der Waals surface area (Å²) in [7, 11) is 0.221. The second-order valence-electron chi connectivity index (χ2n) is 1.99. The van der Waals surface area contributed by atoms with Gasteiger partial charge in [-0.25, -0.2) is 13.4 Å². The molecule has 0 aliphatic rings. The molecule has 60 valence electrons. The molecule has 0 unspecified atom stereocenters. The Morgan fingerprint density at radius 3 is 2.30 bits per heavy atom. The van der Waals surface area contributed by atoms with Gasteiger partial charge >= 0.3 is 0 Å². The molecule has 0 saturated heterocycles. The van der Waals surface area contributed by atoms with Crippen LogP contribution in [0, 0.1) is 0 Å². The van der Waals surface area contributed by atoms with Crippen LogP contribution in [-0.4, -0.2) is 40.1 Å².